The van der Waals surface area contributed by atoms with Crippen molar-refractivity contribution in [2.75, 3.05) is 62.4 Å². The molecule has 2 aliphatic rings. The van der Waals surface area contributed by atoms with Crippen LogP contribution in [0, 0.1) is 0 Å². The largest absolute Gasteiger partial charge is 0.477 e. The average molecular weight is 550 g/mol. The molecule has 4 heterocycles. The molecule has 0 aromatic carbocycles. The Morgan fingerprint density at radius 3 is 2.59 bits per heavy atom. The molecule has 2 aromatic rings. The lowest BCUT2D eigenvalue weighted by Crippen LogP contribution is -2.60. The van der Waals surface area contributed by atoms with Crippen LogP contribution in [0.15, 0.2) is 24.7 Å². The summed E-state index contributed by atoms with van der Waals surface area (Å²) in [5.41, 5.74) is 0. The minimum atomic E-state index is -3.15. The summed E-state index contributed by atoms with van der Waals surface area (Å²) in [5, 5.41) is 5.07. The summed E-state index contributed by atoms with van der Waals surface area (Å²) < 4.78 is 40.6. The van der Waals surface area contributed by atoms with E-state index in [1.165, 1.54) is 31.7 Å². The third-order valence-electron chi connectivity index (χ3n) is 6.63. The third-order valence-corrected chi connectivity index (χ3v) is 6.63. The minimum Gasteiger partial charge on any atom is -0.477 e. The van der Waals surface area contributed by atoms with E-state index in [1.807, 2.05) is 7.05 Å². The molecule has 2 N–H and O–H groups in total. The minimum absolute atomic E-state index is 0.0349. The molecule has 0 aliphatic carbocycles. The second-order valence-corrected chi connectivity index (χ2v) is 9.46. The fraction of sp³-hybridized carbons (Fsp3) is 0.583. The van der Waals surface area contributed by atoms with Gasteiger partial charge in [0.15, 0.2) is 5.82 Å². The molecule has 3 amide bonds. The second-order valence-electron chi connectivity index (χ2n) is 9.46. The summed E-state index contributed by atoms with van der Waals surface area (Å²) in [5.74, 6) is -2.43. The van der Waals surface area contributed by atoms with Crippen molar-refractivity contribution < 1.29 is 27.8 Å². The predicted octanol–water partition coefficient (Wildman–Crippen LogP) is 2.69. The number of amides is 3. The van der Waals surface area contributed by atoms with Crippen molar-refractivity contribution in [3.8, 4) is 5.88 Å². The highest BCUT2D eigenvalue weighted by Crippen LogP contribution is 2.33. The second kappa shape index (κ2) is 12.3. The van der Waals surface area contributed by atoms with Gasteiger partial charge in [-0.1, -0.05) is 0 Å². The summed E-state index contributed by atoms with van der Waals surface area (Å²) >= 11 is 0. The summed E-state index contributed by atoms with van der Waals surface area (Å²) in [6.45, 7) is 3.62. The molecule has 2 aliphatic heterocycles. The van der Waals surface area contributed by atoms with E-state index < -0.39 is 30.5 Å². The number of nitrogens with zero attached hydrogens (tertiary/aromatic N) is 7. The molecule has 0 spiro atoms. The zero-order valence-corrected chi connectivity index (χ0v) is 22.1. The van der Waals surface area contributed by atoms with Gasteiger partial charge in [-0.25, -0.2) is 33.3 Å². The molecule has 4 rings (SSSR count). The van der Waals surface area contributed by atoms with Gasteiger partial charge in [-0.3, -0.25) is 10.6 Å². The number of carbonyl (C=O) groups is 2. The van der Waals surface area contributed by atoms with Crippen LogP contribution in [-0.4, -0.2) is 107 Å². The maximum Gasteiger partial charge on any atom is 0.413 e. The smallest absolute Gasteiger partial charge is 0.413 e. The van der Waals surface area contributed by atoms with Crippen LogP contribution in [0.25, 0.3) is 0 Å². The summed E-state index contributed by atoms with van der Waals surface area (Å²) in [6.07, 6.45) is 4.20. The molecule has 2 aromatic heterocycles. The first-order valence-corrected chi connectivity index (χ1v) is 12.7. The number of aromatic nitrogens is 4. The van der Waals surface area contributed by atoms with E-state index in [9.17, 15) is 18.4 Å². The van der Waals surface area contributed by atoms with Crippen LogP contribution in [0.2, 0.25) is 0 Å². The maximum absolute atomic E-state index is 14.9. The Labute approximate surface area is 224 Å². The standard InChI is InChI=1S/C24H33F2N9O4/c1-4-38-20-14-28-19(13-29-20)31-22(36)34(3)17-15-35(12-8-24(17,25)26)21-27-9-5-18(30-21)32-23(37)39-16-6-10-33(2)11-7-16/h5,9,13-14,16-17H,4,6-8,10-12,15H2,1-3H3,(H,28,31,36)(H,27,30,32,37). The van der Waals surface area contributed by atoms with Crippen molar-refractivity contribution in [1.82, 2.24) is 29.7 Å². The summed E-state index contributed by atoms with van der Waals surface area (Å²) in [4.78, 5) is 46.3. The van der Waals surface area contributed by atoms with E-state index in [4.69, 9.17) is 9.47 Å². The lowest BCUT2D eigenvalue weighted by atomic mass is 10.00. The number of hydrogen-bond donors (Lipinski definition) is 2. The van der Waals surface area contributed by atoms with E-state index in [2.05, 4.69) is 35.5 Å². The number of piperidine rings is 2. The Morgan fingerprint density at radius 1 is 1.13 bits per heavy atom. The first kappa shape index (κ1) is 28.1. The van der Waals surface area contributed by atoms with Gasteiger partial charge in [-0.2, -0.15) is 4.98 Å². The first-order chi connectivity index (χ1) is 18.6. The average Bonchev–Trinajstić information content (AvgIpc) is 2.91. The molecule has 212 valence electrons. The SMILES string of the molecule is CCOc1cnc(NC(=O)N(C)C2CN(c3nccc(NC(=O)OC4CCN(C)CC4)n3)CCC2(F)F)cn1. The first-order valence-electron chi connectivity index (χ1n) is 12.7. The quantitative estimate of drug-likeness (QED) is 0.530. The van der Waals surface area contributed by atoms with E-state index >= 15 is 0 Å². The molecular weight excluding hydrogens is 516 g/mol. The van der Waals surface area contributed by atoms with Crippen LogP contribution in [0.5, 0.6) is 5.88 Å². The van der Waals surface area contributed by atoms with Gasteiger partial charge in [-0.15, -0.1) is 0 Å². The Bertz CT molecular complexity index is 1130. The topological polar surface area (TPSA) is 138 Å². The van der Waals surface area contributed by atoms with Crippen LogP contribution >= 0.6 is 0 Å². The molecule has 0 saturated carbocycles. The number of likely N-dealkylation sites (N-methyl/N-ethyl adjacent to an activating group) is 1. The molecule has 2 saturated heterocycles. The van der Waals surface area contributed by atoms with Gasteiger partial charge in [0.1, 0.15) is 18.0 Å². The third kappa shape index (κ3) is 7.37. The van der Waals surface area contributed by atoms with Crippen LogP contribution in [0.3, 0.4) is 0 Å². The van der Waals surface area contributed by atoms with Gasteiger partial charge in [0.2, 0.25) is 11.8 Å². The van der Waals surface area contributed by atoms with E-state index in [1.54, 1.807) is 11.8 Å². The van der Waals surface area contributed by atoms with Crippen molar-refractivity contribution in [3.63, 3.8) is 0 Å². The number of ether oxygens (including phenoxy) is 2. The van der Waals surface area contributed by atoms with Crippen LogP contribution in [-0.2, 0) is 4.74 Å². The number of nitrogens with one attached hydrogen (secondary N) is 2. The molecule has 1 atom stereocenters. The van der Waals surface area contributed by atoms with Gasteiger partial charge in [0.05, 0.1) is 19.0 Å². The number of hydrogen-bond acceptors (Lipinski definition) is 10. The van der Waals surface area contributed by atoms with Crippen molar-refractivity contribution >= 4 is 29.7 Å². The lowest BCUT2D eigenvalue weighted by molar-refractivity contribution is -0.0760. The van der Waals surface area contributed by atoms with E-state index in [0.29, 0.717) is 6.61 Å². The Hall–Kier alpha value is -3.88. The Morgan fingerprint density at radius 2 is 1.90 bits per heavy atom. The molecule has 13 nitrogen and oxygen atoms in total. The number of halogens is 2. The van der Waals surface area contributed by atoms with Crippen molar-refractivity contribution in [2.24, 2.45) is 0 Å². The normalized spacial score (nSPS) is 19.7. The Balaban J connectivity index is 1.37. The highest BCUT2D eigenvalue weighted by molar-refractivity contribution is 5.88. The number of rotatable bonds is 7. The predicted molar refractivity (Wildman–Crippen MR) is 138 cm³/mol. The fourth-order valence-corrected chi connectivity index (χ4v) is 4.37. The Kier molecular flexibility index (Phi) is 8.89. The number of alkyl halides is 2. The van der Waals surface area contributed by atoms with E-state index in [0.717, 1.165) is 30.8 Å². The molecule has 2 fully saturated rings. The zero-order valence-electron chi connectivity index (χ0n) is 22.1. The number of anilines is 3. The zero-order chi connectivity index (χ0) is 28.0. The van der Waals surface area contributed by atoms with Gasteiger partial charge in [0.25, 0.3) is 5.92 Å². The van der Waals surface area contributed by atoms with Gasteiger partial charge < -0.3 is 24.2 Å². The number of likely N-dealkylation sites (tertiary alicyclic amines) is 1. The molecule has 15 heteroatoms. The number of urea groups is 1. The van der Waals surface area contributed by atoms with Crippen molar-refractivity contribution in [3.05, 3.63) is 24.7 Å². The van der Waals surface area contributed by atoms with Crippen molar-refractivity contribution in [1.29, 1.82) is 0 Å². The highest BCUT2D eigenvalue weighted by atomic mass is 19.3. The summed E-state index contributed by atoms with van der Waals surface area (Å²) in [6, 6.07) is -0.753. The molecule has 0 radical (unpaired) electrons. The molecule has 1 unspecified atom stereocenters. The number of carbonyl (C=O) groups excluding carboxylic acids is 2. The lowest BCUT2D eigenvalue weighted by Gasteiger charge is -2.42. The molecule has 0 bridgehead atoms. The monoisotopic (exact) mass is 549 g/mol. The van der Waals surface area contributed by atoms with Gasteiger partial charge in [0, 0.05) is 45.8 Å². The fourth-order valence-electron chi connectivity index (χ4n) is 4.37. The highest BCUT2D eigenvalue weighted by Gasteiger charge is 2.48. The van der Waals surface area contributed by atoms with Crippen molar-refractivity contribution in [2.45, 2.75) is 44.3 Å². The van der Waals surface area contributed by atoms with E-state index in [-0.39, 0.29) is 42.7 Å². The van der Waals surface area contributed by atoms with Gasteiger partial charge in [-0.05, 0) is 32.9 Å². The molecular formula is C24H33F2N9O4. The van der Waals surface area contributed by atoms with Crippen LogP contribution in [0.4, 0.5) is 36.0 Å². The summed E-state index contributed by atoms with van der Waals surface area (Å²) in [7, 11) is 3.30. The molecule has 39 heavy (non-hydrogen) atoms. The van der Waals surface area contributed by atoms with Crippen LogP contribution in [0.1, 0.15) is 26.2 Å². The van der Waals surface area contributed by atoms with Crippen LogP contribution < -0.4 is 20.3 Å². The maximum atomic E-state index is 14.9. The van der Waals surface area contributed by atoms with Gasteiger partial charge >= 0.3 is 12.1 Å².